The maximum absolute atomic E-state index is 13.0. The first-order chi connectivity index (χ1) is 14.8. The van der Waals surface area contributed by atoms with E-state index in [-0.39, 0.29) is 17.4 Å². The number of benzene rings is 2. The Hall–Kier alpha value is -3.12. The van der Waals surface area contributed by atoms with E-state index in [1.54, 1.807) is 29.2 Å². The number of quaternary nitrogens is 1. The molecular formula is C25H31N2O4+. The van der Waals surface area contributed by atoms with Crippen LogP contribution >= 0.6 is 0 Å². The molecule has 2 N–H and O–H groups in total. The predicted molar refractivity (Wildman–Crippen MR) is 120 cm³/mol. The number of carbonyl (C=O) groups is 2. The first-order valence-electron chi connectivity index (χ1n) is 10.7. The van der Waals surface area contributed by atoms with Gasteiger partial charge in [-0.15, -0.1) is 0 Å². The maximum Gasteiger partial charge on any atom is 0.295 e. The lowest BCUT2D eigenvalue weighted by Crippen LogP contribution is -3.05. The van der Waals surface area contributed by atoms with Crippen molar-refractivity contribution in [1.29, 1.82) is 0 Å². The molecule has 0 unspecified atom stereocenters. The molecular weight excluding hydrogens is 392 g/mol. The molecule has 2 aromatic carbocycles. The molecule has 2 aromatic rings. The summed E-state index contributed by atoms with van der Waals surface area (Å²) in [6.45, 7) is 5.22. The third-order valence-corrected chi connectivity index (χ3v) is 5.23. The number of hydrogen-bond acceptors (Lipinski definition) is 4. The Morgan fingerprint density at radius 2 is 1.71 bits per heavy atom. The fraction of sp³-hybridized carbons (Fsp3) is 0.360. The highest BCUT2D eigenvalue weighted by atomic mass is 16.5. The van der Waals surface area contributed by atoms with E-state index >= 15 is 0 Å². The van der Waals surface area contributed by atoms with Gasteiger partial charge in [0.15, 0.2) is 0 Å². The van der Waals surface area contributed by atoms with Gasteiger partial charge in [-0.2, -0.15) is 0 Å². The third-order valence-electron chi connectivity index (χ3n) is 5.23. The second-order valence-electron chi connectivity index (χ2n) is 8.40. The standard InChI is InChI=1S/C25H30N2O4/c1-17(2)31-20-13-11-18(12-14-20)22-21(23(28)19-9-6-5-7-10-19)24(29)25(30)27(22)16-8-15-26(3)4/h5-7,9-14,17,22,28H,8,15-16H2,1-4H3/p+1/b23-21+/t22-/m1/s1. The molecule has 0 spiro atoms. The molecule has 0 aromatic heterocycles. The Kier molecular flexibility index (Phi) is 7.13. The highest BCUT2D eigenvalue weighted by molar-refractivity contribution is 6.46. The number of nitrogens with one attached hydrogen (secondary N) is 1. The first-order valence-corrected chi connectivity index (χ1v) is 10.7. The molecule has 1 saturated heterocycles. The van der Waals surface area contributed by atoms with Crippen LogP contribution in [0.15, 0.2) is 60.2 Å². The number of nitrogens with zero attached hydrogens (tertiary/aromatic N) is 1. The third kappa shape index (κ3) is 5.14. The van der Waals surface area contributed by atoms with Crippen LogP contribution in [0.1, 0.15) is 37.4 Å². The minimum Gasteiger partial charge on any atom is -0.507 e. The fourth-order valence-corrected chi connectivity index (χ4v) is 3.81. The van der Waals surface area contributed by atoms with Gasteiger partial charge in [-0.1, -0.05) is 42.5 Å². The van der Waals surface area contributed by atoms with Crippen LogP contribution in [0.5, 0.6) is 5.75 Å². The lowest BCUT2D eigenvalue weighted by atomic mass is 9.95. The lowest BCUT2D eigenvalue weighted by Gasteiger charge is -2.25. The molecule has 0 aliphatic carbocycles. The zero-order valence-electron chi connectivity index (χ0n) is 18.6. The molecule has 1 atom stereocenters. The molecule has 3 rings (SSSR count). The van der Waals surface area contributed by atoms with Crippen molar-refractivity contribution >= 4 is 17.4 Å². The molecule has 0 saturated carbocycles. The van der Waals surface area contributed by atoms with E-state index in [0.717, 1.165) is 24.3 Å². The van der Waals surface area contributed by atoms with Gasteiger partial charge in [0, 0.05) is 18.5 Å². The summed E-state index contributed by atoms with van der Waals surface area (Å²) < 4.78 is 5.72. The quantitative estimate of drug-likeness (QED) is 0.389. The number of aliphatic hydroxyl groups excluding tert-OH is 1. The molecule has 1 aliphatic heterocycles. The molecule has 6 nitrogen and oxygen atoms in total. The number of ether oxygens (including phenoxy) is 1. The zero-order valence-corrected chi connectivity index (χ0v) is 18.6. The van der Waals surface area contributed by atoms with E-state index in [1.807, 2.05) is 44.2 Å². The summed E-state index contributed by atoms with van der Waals surface area (Å²) in [6, 6.07) is 15.6. The Balaban J connectivity index is 2.04. The van der Waals surface area contributed by atoms with Crippen LogP contribution in [0, 0.1) is 0 Å². The van der Waals surface area contributed by atoms with Crippen molar-refractivity contribution in [1.82, 2.24) is 4.90 Å². The van der Waals surface area contributed by atoms with Crippen molar-refractivity contribution in [2.24, 2.45) is 0 Å². The minimum absolute atomic E-state index is 0.0445. The van der Waals surface area contributed by atoms with E-state index in [4.69, 9.17) is 4.74 Å². The highest BCUT2D eigenvalue weighted by Crippen LogP contribution is 2.39. The van der Waals surface area contributed by atoms with Gasteiger partial charge in [-0.25, -0.2) is 0 Å². The number of amides is 1. The van der Waals surface area contributed by atoms with Crippen molar-refractivity contribution in [3.8, 4) is 5.75 Å². The van der Waals surface area contributed by atoms with Gasteiger partial charge >= 0.3 is 0 Å². The van der Waals surface area contributed by atoms with Crippen LogP contribution in [-0.2, 0) is 9.59 Å². The summed E-state index contributed by atoms with van der Waals surface area (Å²) >= 11 is 0. The van der Waals surface area contributed by atoms with Crippen LogP contribution in [0.4, 0.5) is 0 Å². The van der Waals surface area contributed by atoms with Gasteiger partial charge in [0.2, 0.25) is 0 Å². The smallest absolute Gasteiger partial charge is 0.295 e. The summed E-state index contributed by atoms with van der Waals surface area (Å²) in [4.78, 5) is 28.8. The topological polar surface area (TPSA) is 71.3 Å². The Bertz CT molecular complexity index is 949. The number of Topliss-reactive ketones (excluding diaryl/α,β-unsaturated/α-hetero) is 1. The number of ketones is 1. The van der Waals surface area contributed by atoms with Crippen LogP contribution in [0.25, 0.3) is 5.76 Å². The first kappa shape index (κ1) is 22.6. The number of aliphatic hydroxyl groups is 1. The molecule has 1 fully saturated rings. The summed E-state index contributed by atoms with van der Waals surface area (Å²) in [6.07, 6.45) is 0.800. The van der Waals surface area contributed by atoms with Crippen molar-refractivity contribution in [3.05, 3.63) is 71.3 Å². The molecule has 31 heavy (non-hydrogen) atoms. The second kappa shape index (κ2) is 9.79. The average molecular weight is 424 g/mol. The van der Waals surface area contributed by atoms with E-state index in [9.17, 15) is 14.7 Å². The normalized spacial score (nSPS) is 18.3. The van der Waals surface area contributed by atoms with Crippen LogP contribution in [-0.4, -0.2) is 55.0 Å². The maximum atomic E-state index is 13.0. The summed E-state index contributed by atoms with van der Waals surface area (Å²) in [5.41, 5.74) is 1.42. The number of carbonyl (C=O) groups excluding carboxylic acids is 2. The zero-order chi connectivity index (χ0) is 22.5. The Labute approximate surface area is 183 Å². The van der Waals surface area contributed by atoms with Crippen molar-refractivity contribution in [3.63, 3.8) is 0 Å². The molecule has 0 radical (unpaired) electrons. The lowest BCUT2D eigenvalue weighted by molar-refractivity contribution is -0.858. The van der Waals surface area contributed by atoms with Gasteiger partial charge in [-0.05, 0) is 31.5 Å². The number of rotatable bonds is 8. The van der Waals surface area contributed by atoms with Crippen molar-refractivity contribution < 1.29 is 24.3 Å². The SMILES string of the molecule is CC(C)Oc1ccc([C@@H]2/C(=C(\O)c3ccccc3)C(=O)C(=O)N2CCC[NH+](C)C)cc1. The predicted octanol–water partition coefficient (Wildman–Crippen LogP) is 2.43. The fourth-order valence-electron chi connectivity index (χ4n) is 3.81. The van der Waals surface area contributed by atoms with E-state index in [1.165, 1.54) is 4.90 Å². The second-order valence-corrected chi connectivity index (χ2v) is 8.40. The Morgan fingerprint density at radius 3 is 2.29 bits per heavy atom. The summed E-state index contributed by atoms with van der Waals surface area (Å²) in [5, 5.41) is 11.0. The Morgan fingerprint density at radius 1 is 1.06 bits per heavy atom. The summed E-state index contributed by atoms with van der Waals surface area (Å²) in [7, 11) is 4.10. The average Bonchev–Trinajstić information content (AvgIpc) is 2.99. The van der Waals surface area contributed by atoms with Crippen molar-refractivity contribution in [2.75, 3.05) is 27.2 Å². The summed E-state index contributed by atoms with van der Waals surface area (Å²) in [5.74, 6) is -0.646. The molecule has 164 valence electrons. The number of hydrogen-bond donors (Lipinski definition) is 2. The van der Waals surface area contributed by atoms with Gasteiger partial charge in [0.1, 0.15) is 11.5 Å². The van der Waals surface area contributed by atoms with Gasteiger partial charge in [-0.3, -0.25) is 9.59 Å². The molecule has 1 heterocycles. The van der Waals surface area contributed by atoms with Gasteiger partial charge in [0.05, 0.1) is 38.4 Å². The minimum atomic E-state index is -0.647. The number of likely N-dealkylation sites (tertiary alicyclic amines) is 1. The van der Waals surface area contributed by atoms with Crippen LogP contribution in [0.3, 0.4) is 0 Å². The van der Waals surface area contributed by atoms with Crippen LogP contribution < -0.4 is 9.64 Å². The largest absolute Gasteiger partial charge is 0.507 e. The van der Waals surface area contributed by atoms with Gasteiger partial charge < -0.3 is 19.6 Å². The van der Waals surface area contributed by atoms with E-state index in [2.05, 4.69) is 14.1 Å². The van der Waals surface area contributed by atoms with Gasteiger partial charge in [0.25, 0.3) is 11.7 Å². The van der Waals surface area contributed by atoms with E-state index in [0.29, 0.717) is 12.1 Å². The highest BCUT2D eigenvalue weighted by Gasteiger charge is 2.45. The molecule has 1 amide bonds. The molecule has 6 heteroatoms. The van der Waals surface area contributed by atoms with E-state index < -0.39 is 17.7 Å². The molecule has 1 aliphatic rings. The monoisotopic (exact) mass is 423 g/mol. The van der Waals surface area contributed by atoms with Crippen molar-refractivity contribution in [2.45, 2.75) is 32.4 Å². The molecule has 0 bridgehead atoms. The van der Waals surface area contributed by atoms with Crippen LogP contribution in [0.2, 0.25) is 0 Å².